The van der Waals surface area contributed by atoms with E-state index in [1.807, 2.05) is 0 Å². The monoisotopic (exact) mass is 710 g/mol. The van der Waals surface area contributed by atoms with E-state index in [2.05, 4.69) is 0 Å². The van der Waals surface area contributed by atoms with E-state index in [-0.39, 0.29) is 9.79 Å². The summed E-state index contributed by atoms with van der Waals surface area (Å²) in [5.74, 6) is -1.60. The molecule has 0 spiro atoms. The number of nitrogens with zero attached hydrogens (tertiary/aromatic N) is 2. The molecule has 2 aromatic rings. The third kappa shape index (κ3) is 5.89. The van der Waals surface area contributed by atoms with Crippen LogP contribution in [-0.4, -0.2) is 89.5 Å². The number of hydrogen-bond acceptors (Lipinski definition) is 8. The summed E-state index contributed by atoms with van der Waals surface area (Å²) in [5.41, 5.74) is 2.10. The fourth-order valence-corrected chi connectivity index (χ4v) is 16.7. The lowest BCUT2D eigenvalue weighted by Gasteiger charge is -2.49. The maximum Gasteiger partial charge on any atom is 0.243 e. The fourth-order valence-electron chi connectivity index (χ4n) is 8.74. The van der Waals surface area contributed by atoms with Crippen molar-refractivity contribution in [3.63, 3.8) is 0 Å². The SMILES string of the molecule is O=S1(=O)C[C@@H]2[C@@H](C1)N(S(=O)(=O)c1ccc(C3CCCCC3)cc1)[C@H]1CS(=O)(=O)C[C@H]1N2S(=O)(=O)c1ccc(C2CCCCC2)cc1. The molecule has 252 valence electrons. The van der Waals surface area contributed by atoms with Crippen LogP contribution in [0.2, 0.25) is 0 Å². The van der Waals surface area contributed by atoms with Crippen LogP contribution < -0.4 is 0 Å². The summed E-state index contributed by atoms with van der Waals surface area (Å²) in [6, 6.07) is 8.27. The summed E-state index contributed by atoms with van der Waals surface area (Å²) >= 11 is 0. The van der Waals surface area contributed by atoms with E-state index in [0.717, 1.165) is 71.1 Å². The van der Waals surface area contributed by atoms with Crippen LogP contribution in [0.1, 0.15) is 87.2 Å². The largest absolute Gasteiger partial charge is 0.243 e. The van der Waals surface area contributed by atoms with Gasteiger partial charge in [0, 0.05) is 0 Å². The summed E-state index contributed by atoms with van der Waals surface area (Å²) < 4.78 is 112. The third-order valence-corrected chi connectivity index (χ3v) is 18.3. The van der Waals surface area contributed by atoms with Crippen molar-refractivity contribution in [2.45, 2.75) is 110 Å². The Bertz CT molecular complexity index is 1720. The van der Waals surface area contributed by atoms with Crippen LogP contribution in [0.3, 0.4) is 0 Å². The highest BCUT2D eigenvalue weighted by Gasteiger charge is 2.63. The van der Waals surface area contributed by atoms with Crippen LogP contribution in [0.5, 0.6) is 0 Å². The predicted octanol–water partition coefficient (Wildman–Crippen LogP) is 3.81. The number of piperazine rings is 1. The van der Waals surface area contributed by atoms with Crippen molar-refractivity contribution in [3.8, 4) is 0 Å². The first-order valence-corrected chi connectivity index (χ1v) is 23.0. The topological polar surface area (TPSA) is 143 Å². The Kier molecular flexibility index (Phi) is 8.49. The molecule has 3 heterocycles. The Labute approximate surface area is 273 Å². The lowest BCUT2D eigenvalue weighted by Crippen LogP contribution is -2.69. The Morgan fingerprint density at radius 1 is 0.457 bits per heavy atom. The first-order chi connectivity index (χ1) is 21.8. The van der Waals surface area contributed by atoms with Crippen molar-refractivity contribution in [2.75, 3.05) is 23.0 Å². The quantitative estimate of drug-likeness (QED) is 0.441. The van der Waals surface area contributed by atoms with Crippen molar-refractivity contribution in [1.82, 2.24) is 8.61 Å². The van der Waals surface area contributed by atoms with Gasteiger partial charge >= 0.3 is 0 Å². The summed E-state index contributed by atoms with van der Waals surface area (Å²) in [6.07, 6.45) is 11.0. The first kappa shape index (κ1) is 32.7. The lowest BCUT2D eigenvalue weighted by atomic mass is 9.84. The van der Waals surface area contributed by atoms with E-state index in [1.165, 1.54) is 37.1 Å². The highest BCUT2D eigenvalue weighted by molar-refractivity contribution is 7.93. The molecule has 5 aliphatic rings. The minimum atomic E-state index is -4.39. The molecular weight excluding hydrogens is 669 g/mol. The molecule has 2 saturated carbocycles. The van der Waals surface area contributed by atoms with Gasteiger partial charge in [0.2, 0.25) is 20.0 Å². The van der Waals surface area contributed by atoms with Crippen LogP contribution in [-0.2, 0) is 39.7 Å². The van der Waals surface area contributed by atoms with Gasteiger partial charge in [-0.05, 0) is 72.9 Å². The molecule has 5 fully saturated rings. The Morgan fingerprint density at radius 3 is 1.02 bits per heavy atom. The number of sulfonamides is 2. The van der Waals surface area contributed by atoms with Crippen molar-refractivity contribution < 1.29 is 33.7 Å². The van der Waals surface area contributed by atoms with Gasteiger partial charge in [-0.15, -0.1) is 0 Å². The zero-order valence-corrected chi connectivity index (χ0v) is 29.0. The molecule has 2 aromatic carbocycles. The molecular formula is C32H42N2O8S4. The molecule has 3 saturated heterocycles. The molecule has 2 aliphatic carbocycles. The van der Waals surface area contributed by atoms with E-state index >= 15 is 0 Å². The summed E-state index contributed by atoms with van der Waals surface area (Å²) in [6.45, 7) is 0. The van der Waals surface area contributed by atoms with Gasteiger partial charge in [-0.25, -0.2) is 33.7 Å². The van der Waals surface area contributed by atoms with E-state index in [9.17, 15) is 33.7 Å². The third-order valence-electron chi connectivity index (χ3n) is 11.0. The number of benzene rings is 2. The number of sulfone groups is 2. The second-order valence-electron chi connectivity index (χ2n) is 13.9. The van der Waals surface area contributed by atoms with Gasteiger partial charge in [-0.1, -0.05) is 62.8 Å². The van der Waals surface area contributed by atoms with Crippen LogP contribution in [0.15, 0.2) is 58.3 Å². The van der Waals surface area contributed by atoms with Gasteiger partial charge < -0.3 is 0 Å². The van der Waals surface area contributed by atoms with Crippen LogP contribution in [0.4, 0.5) is 0 Å². The predicted molar refractivity (Wildman–Crippen MR) is 175 cm³/mol. The van der Waals surface area contributed by atoms with Gasteiger partial charge in [0.15, 0.2) is 19.7 Å². The summed E-state index contributed by atoms with van der Waals surface area (Å²) in [5, 5.41) is 0. The van der Waals surface area contributed by atoms with E-state index < -0.39 is 86.9 Å². The van der Waals surface area contributed by atoms with Crippen LogP contribution in [0, 0.1) is 0 Å². The van der Waals surface area contributed by atoms with Crippen molar-refractivity contribution in [2.24, 2.45) is 0 Å². The minimum Gasteiger partial charge on any atom is -0.229 e. The molecule has 0 bridgehead atoms. The fraction of sp³-hybridized carbons (Fsp3) is 0.625. The summed E-state index contributed by atoms with van der Waals surface area (Å²) in [4.78, 5) is -0.0967. The smallest absolute Gasteiger partial charge is 0.229 e. The normalized spacial score (nSPS) is 31.0. The highest BCUT2D eigenvalue weighted by Crippen LogP contribution is 2.44. The van der Waals surface area contributed by atoms with E-state index in [1.54, 1.807) is 24.3 Å². The second kappa shape index (κ2) is 11.9. The van der Waals surface area contributed by atoms with Crippen molar-refractivity contribution in [3.05, 3.63) is 59.7 Å². The average Bonchev–Trinajstić information content (AvgIpc) is 3.52. The maximum absolute atomic E-state index is 14.4. The standard InChI is InChI=1S/C32H42N2O8S4/c35-43(36)19-29-31(21-43)34(46(41,42)28-17-13-26(14-18-28)24-9-5-2-6-10-24)32-22-44(37,38)20-30(32)33(29)45(39,40)27-15-11-25(12-16-27)23-7-3-1-4-8-23/h11-18,23-24,29-32H,1-10,19-22H2/t29-,30-,31-,32+/m1/s1. The Hall–Kier alpha value is -1.84. The lowest BCUT2D eigenvalue weighted by molar-refractivity contribution is 0.0841. The molecule has 14 heteroatoms. The Morgan fingerprint density at radius 2 is 0.739 bits per heavy atom. The second-order valence-corrected chi connectivity index (χ2v) is 21.9. The van der Waals surface area contributed by atoms with Crippen molar-refractivity contribution in [1.29, 1.82) is 0 Å². The molecule has 0 radical (unpaired) electrons. The highest BCUT2D eigenvalue weighted by atomic mass is 32.2. The number of rotatable bonds is 6. The van der Waals surface area contributed by atoms with Gasteiger partial charge in [0.25, 0.3) is 0 Å². The van der Waals surface area contributed by atoms with Gasteiger partial charge in [0.05, 0.1) is 57.0 Å². The molecule has 0 aromatic heterocycles. The van der Waals surface area contributed by atoms with E-state index in [4.69, 9.17) is 0 Å². The van der Waals surface area contributed by atoms with Crippen molar-refractivity contribution >= 4 is 39.7 Å². The zero-order chi connectivity index (χ0) is 32.5. The molecule has 4 atom stereocenters. The van der Waals surface area contributed by atoms with Gasteiger partial charge in [-0.3, -0.25) is 0 Å². The molecule has 0 amide bonds. The molecule has 10 nitrogen and oxygen atoms in total. The van der Waals surface area contributed by atoms with Crippen LogP contribution >= 0.6 is 0 Å². The van der Waals surface area contributed by atoms with Gasteiger partial charge in [-0.2, -0.15) is 8.61 Å². The molecule has 0 unspecified atom stereocenters. The zero-order valence-electron chi connectivity index (χ0n) is 25.8. The minimum absolute atomic E-state index is 0.0484. The summed E-state index contributed by atoms with van der Waals surface area (Å²) in [7, 11) is -16.5. The molecule has 7 rings (SSSR count). The number of fused-ring (bicyclic) bond motifs is 2. The maximum atomic E-state index is 14.4. The molecule has 3 aliphatic heterocycles. The first-order valence-electron chi connectivity index (χ1n) is 16.4. The average molecular weight is 711 g/mol. The molecule has 46 heavy (non-hydrogen) atoms. The van der Waals surface area contributed by atoms with Crippen LogP contribution in [0.25, 0.3) is 0 Å². The molecule has 0 N–H and O–H groups in total. The Balaban J connectivity index is 1.26. The number of hydrogen-bond donors (Lipinski definition) is 0. The van der Waals surface area contributed by atoms with Gasteiger partial charge in [0.1, 0.15) is 0 Å². The van der Waals surface area contributed by atoms with E-state index in [0.29, 0.717) is 11.8 Å².